The fraction of sp³-hybridized carbons (Fsp3) is 0.118. The van der Waals surface area contributed by atoms with Gasteiger partial charge in [-0.25, -0.2) is 0 Å². The van der Waals surface area contributed by atoms with Gasteiger partial charge in [0.1, 0.15) is 0 Å². The number of non-ortho nitro benzene ring substituents is 1. The molecule has 2 aromatic rings. The molecule has 0 unspecified atom stereocenters. The Balaban J connectivity index is 2.01. The lowest BCUT2D eigenvalue weighted by Gasteiger charge is -2.13. The smallest absolute Gasteiger partial charge is 0.270 e. The normalized spacial score (nSPS) is 12.1. The zero-order valence-electron chi connectivity index (χ0n) is 12.4. The standard InChI is InChI=1S/C17H15ClN2O3/c1-12(14-5-3-6-15(18)11-14)19-17(21)9-8-13-4-2-7-16(10-13)20(22)23/h2-12H,1H3,(H,19,21)/b9-8+/t12-/m1/s1. The van der Waals surface area contributed by atoms with Crippen molar-refractivity contribution >= 4 is 29.3 Å². The molecule has 5 nitrogen and oxygen atoms in total. The van der Waals surface area contributed by atoms with Crippen LogP contribution in [0.15, 0.2) is 54.6 Å². The number of amides is 1. The topological polar surface area (TPSA) is 72.2 Å². The van der Waals surface area contributed by atoms with E-state index in [0.717, 1.165) is 5.56 Å². The number of carbonyl (C=O) groups is 1. The number of halogens is 1. The number of rotatable bonds is 5. The van der Waals surface area contributed by atoms with Crippen LogP contribution in [-0.2, 0) is 4.79 Å². The predicted molar refractivity (Wildman–Crippen MR) is 90.1 cm³/mol. The van der Waals surface area contributed by atoms with Gasteiger partial charge >= 0.3 is 0 Å². The lowest BCUT2D eigenvalue weighted by atomic mass is 10.1. The molecule has 2 aromatic carbocycles. The summed E-state index contributed by atoms with van der Waals surface area (Å²) in [5, 5.41) is 14.1. The lowest BCUT2D eigenvalue weighted by molar-refractivity contribution is -0.384. The summed E-state index contributed by atoms with van der Waals surface area (Å²) >= 11 is 5.93. The summed E-state index contributed by atoms with van der Waals surface area (Å²) in [4.78, 5) is 22.2. The Morgan fingerprint density at radius 2 is 2.00 bits per heavy atom. The maximum Gasteiger partial charge on any atom is 0.270 e. The second-order valence-electron chi connectivity index (χ2n) is 4.97. The molecular formula is C17H15ClN2O3. The van der Waals surface area contributed by atoms with E-state index in [4.69, 9.17) is 11.6 Å². The molecule has 1 N–H and O–H groups in total. The highest BCUT2D eigenvalue weighted by Gasteiger charge is 2.08. The molecule has 0 aliphatic rings. The summed E-state index contributed by atoms with van der Waals surface area (Å²) in [6.45, 7) is 1.85. The largest absolute Gasteiger partial charge is 0.346 e. The SMILES string of the molecule is C[C@@H](NC(=O)/C=C/c1cccc([N+](=O)[O-])c1)c1cccc(Cl)c1. The average Bonchev–Trinajstić information content (AvgIpc) is 2.53. The van der Waals surface area contributed by atoms with Gasteiger partial charge in [-0.2, -0.15) is 0 Å². The monoisotopic (exact) mass is 330 g/mol. The number of hydrogen-bond acceptors (Lipinski definition) is 3. The first-order valence-electron chi connectivity index (χ1n) is 6.94. The van der Waals surface area contributed by atoms with E-state index in [0.29, 0.717) is 10.6 Å². The fourth-order valence-corrected chi connectivity index (χ4v) is 2.23. The third-order valence-corrected chi connectivity index (χ3v) is 3.45. The van der Waals surface area contributed by atoms with Crippen LogP contribution in [-0.4, -0.2) is 10.8 Å². The maximum absolute atomic E-state index is 11.9. The highest BCUT2D eigenvalue weighted by Crippen LogP contribution is 2.17. The summed E-state index contributed by atoms with van der Waals surface area (Å²) in [5.41, 5.74) is 1.47. The van der Waals surface area contributed by atoms with E-state index in [9.17, 15) is 14.9 Å². The molecule has 0 aliphatic heterocycles. The van der Waals surface area contributed by atoms with Gasteiger partial charge in [0, 0.05) is 23.2 Å². The van der Waals surface area contributed by atoms with Crippen LogP contribution in [0.25, 0.3) is 6.08 Å². The Labute approximate surface area is 138 Å². The van der Waals surface area contributed by atoms with Gasteiger partial charge in [-0.05, 0) is 36.3 Å². The highest BCUT2D eigenvalue weighted by molar-refractivity contribution is 6.30. The maximum atomic E-state index is 11.9. The van der Waals surface area contributed by atoms with Gasteiger partial charge in [-0.15, -0.1) is 0 Å². The zero-order chi connectivity index (χ0) is 16.8. The van der Waals surface area contributed by atoms with Crippen molar-refractivity contribution in [3.05, 3.63) is 80.9 Å². The molecule has 0 radical (unpaired) electrons. The molecule has 0 fully saturated rings. The molecule has 0 saturated heterocycles. The minimum Gasteiger partial charge on any atom is -0.346 e. The third kappa shape index (κ3) is 4.93. The summed E-state index contributed by atoms with van der Waals surface area (Å²) in [7, 11) is 0. The lowest BCUT2D eigenvalue weighted by Crippen LogP contribution is -2.24. The number of benzene rings is 2. The minimum atomic E-state index is -0.474. The summed E-state index contributed by atoms with van der Waals surface area (Å²) in [5.74, 6) is -0.288. The van der Waals surface area contributed by atoms with Crippen molar-refractivity contribution < 1.29 is 9.72 Å². The van der Waals surface area contributed by atoms with E-state index in [-0.39, 0.29) is 17.6 Å². The van der Waals surface area contributed by atoms with E-state index in [1.54, 1.807) is 24.3 Å². The Hall–Kier alpha value is -2.66. The third-order valence-electron chi connectivity index (χ3n) is 3.22. The van der Waals surface area contributed by atoms with Crippen molar-refractivity contribution in [2.75, 3.05) is 0 Å². The number of nitro groups is 1. The molecule has 1 amide bonds. The quantitative estimate of drug-likeness (QED) is 0.508. The Morgan fingerprint density at radius 3 is 2.70 bits per heavy atom. The fourth-order valence-electron chi connectivity index (χ4n) is 2.03. The minimum absolute atomic E-state index is 0.0140. The predicted octanol–water partition coefficient (Wildman–Crippen LogP) is 4.14. The van der Waals surface area contributed by atoms with Crippen LogP contribution in [0.1, 0.15) is 24.1 Å². The van der Waals surface area contributed by atoms with Gasteiger partial charge < -0.3 is 5.32 Å². The van der Waals surface area contributed by atoms with Gasteiger partial charge in [0.2, 0.25) is 5.91 Å². The molecule has 6 heteroatoms. The molecule has 0 spiro atoms. The van der Waals surface area contributed by atoms with E-state index >= 15 is 0 Å². The van der Waals surface area contributed by atoms with Crippen molar-refractivity contribution in [2.45, 2.75) is 13.0 Å². The van der Waals surface area contributed by atoms with E-state index in [2.05, 4.69) is 5.32 Å². The number of nitro benzene ring substituents is 1. The molecule has 1 atom stereocenters. The highest BCUT2D eigenvalue weighted by atomic mass is 35.5. The van der Waals surface area contributed by atoms with Gasteiger partial charge in [0.05, 0.1) is 11.0 Å². The number of carbonyl (C=O) groups excluding carboxylic acids is 1. The van der Waals surface area contributed by atoms with Gasteiger partial charge in [0.15, 0.2) is 0 Å². The van der Waals surface area contributed by atoms with Crippen LogP contribution in [0.3, 0.4) is 0 Å². The van der Waals surface area contributed by atoms with E-state index < -0.39 is 4.92 Å². The average molecular weight is 331 g/mol. The zero-order valence-corrected chi connectivity index (χ0v) is 13.2. The summed E-state index contributed by atoms with van der Waals surface area (Å²) in [6.07, 6.45) is 2.88. The van der Waals surface area contributed by atoms with Crippen molar-refractivity contribution in [2.24, 2.45) is 0 Å². The van der Waals surface area contributed by atoms with Crippen LogP contribution in [0.2, 0.25) is 5.02 Å². The molecule has 118 valence electrons. The number of hydrogen-bond donors (Lipinski definition) is 1. The number of nitrogens with zero attached hydrogens (tertiary/aromatic N) is 1. The first kappa shape index (κ1) is 16.7. The number of nitrogens with one attached hydrogen (secondary N) is 1. The second-order valence-corrected chi connectivity index (χ2v) is 5.41. The second kappa shape index (κ2) is 7.56. The molecular weight excluding hydrogens is 316 g/mol. The molecule has 0 heterocycles. The van der Waals surface area contributed by atoms with Crippen LogP contribution < -0.4 is 5.32 Å². The van der Waals surface area contributed by atoms with Crippen LogP contribution >= 0.6 is 11.6 Å². The van der Waals surface area contributed by atoms with Crippen molar-refractivity contribution in [3.63, 3.8) is 0 Å². The molecule has 23 heavy (non-hydrogen) atoms. The molecule has 0 aromatic heterocycles. The Kier molecular flexibility index (Phi) is 5.49. The van der Waals surface area contributed by atoms with E-state index in [1.165, 1.54) is 24.3 Å². The first-order valence-corrected chi connectivity index (χ1v) is 7.32. The Morgan fingerprint density at radius 1 is 1.26 bits per heavy atom. The van der Waals surface area contributed by atoms with Gasteiger partial charge in [-0.1, -0.05) is 35.9 Å². The molecule has 0 saturated carbocycles. The first-order chi connectivity index (χ1) is 11.0. The Bertz CT molecular complexity index is 759. The molecule has 2 rings (SSSR count). The molecule has 0 bridgehead atoms. The van der Waals surface area contributed by atoms with Crippen LogP contribution in [0.4, 0.5) is 5.69 Å². The molecule has 0 aliphatic carbocycles. The van der Waals surface area contributed by atoms with Crippen molar-refractivity contribution in [3.8, 4) is 0 Å². The summed E-state index contributed by atoms with van der Waals surface area (Å²) < 4.78 is 0. The van der Waals surface area contributed by atoms with Crippen molar-refractivity contribution in [1.82, 2.24) is 5.32 Å². The van der Waals surface area contributed by atoms with Crippen molar-refractivity contribution in [1.29, 1.82) is 0 Å². The summed E-state index contributed by atoms with van der Waals surface area (Å²) in [6, 6.07) is 13.1. The van der Waals surface area contributed by atoms with Crippen LogP contribution in [0.5, 0.6) is 0 Å². The van der Waals surface area contributed by atoms with Gasteiger partial charge in [0.25, 0.3) is 5.69 Å². The van der Waals surface area contributed by atoms with Gasteiger partial charge in [-0.3, -0.25) is 14.9 Å². The van der Waals surface area contributed by atoms with Crippen LogP contribution in [0, 0.1) is 10.1 Å². The van der Waals surface area contributed by atoms with E-state index in [1.807, 2.05) is 19.1 Å².